The number of H-pyrrole nitrogens is 1. The van der Waals surface area contributed by atoms with Crippen molar-refractivity contribution < 1.29 is 8.42 Å². The number of hydrogen-bond acceptors (Lipinski definition) is 3. The van der Waals surface area contributed by atoms with Crippen LogP contribution in [0.5, 0.6) is 0 Å². The molecule has 1 aromatic carbocycles. The van der Waals surface area contributed by atoms with Gasteiger partial charge in [-0.2, -0.15) is 0 Å². The van der Waals surface area contributed by atoms with Gasteiger partial charge in [-0.1, -0.05) is 6.07 Å². The first kappa shape index (κ1) is 11.5. The largest absolute Gasteiger partial charge is 0.295 e. The molecule has 1 aromatic heterocycles. The molecule has 90 valence electrons. The van der Waals surface area contributed by atoms with Gasteiger partial charge in [0.05, 0.1) is 11.4 Å². The fraction of sp³-hybridized carbons (Fsp3) is 0.100. The minimum Gasteiger partial charge on any atom is -0.295 e. The first-order chi connectivity index (χ1) is 8.06. The van der Waals surface area contributed by atoms with Crippen molar-refractivity contribution in [1.82, 2.24) is 9.78 Å². The van der Waals surface area contributed by atoms with E-state index < -0.39 is 10.9 Å². The first-order valence-electron chi connectivity index (χ1n) is 4.86. The lowest BCUT2D eigenvalue weighted by atomic mass is 10.3. The molecule has 0 aliphatic carbocycles. The van der Waals surface area contributed by atoms with Gasteiger partial charge in [0, 0.05) is 11.8 Å². The molecule has 17 heavy (non-hydrogen) atoms. The zero-order valence-corrected chi connectivity index (χ0v) is 9.90. The summed E-state index contributed by atoms with van der Waals surface area (Å²) in [4.78, 5) is 11.6. The summed E-state index contributed by atoms with van der Waals surface area (Å²) >= 11 is 0. The van der Waals surface area contributed by atoms with Crippen LogP contribution in [0.25, 0.3) is 5.69 Å². The maximum absolute atomic E-state index is 11.6. The number of aromatic amines is 1. The Kier molecular flexibility index (Phi) is 3.01. The number of thiol groups is 1. The Balaban J connectivity index is 2.46. The molecule has 0 fully saturated rings. The molecule has 0 atom stereocenters. The molecule has 0 bridgehead atoms. The van der Waals surface area contributed by atoms with Gasteiger partial charge < -0.3 is 0 Å². The monoisotopic (exact) mass is 253 g/mol. The van der Waals surface area contributed by atoms with E-state index in [1.807, 2.05) is 0 Å². The summed E-state index contributed by atoms with van der Waals surface area (Å²) in [6.07, 6.45) is 0. The topological polar surface area (TPSA) is 84.0 Å². The van der Waals surface area contributed by atoms with E-state index >= 15 is 0 Å². The summed E-state index contributed by atoms with van der Waals surface area (Å²) in [6.45, 7) is 1.77. The van der Waals surface area contributed by atoms with Crippen molar-refractivity contribution in [2.24, 2.45) is 0 Å². The van der Waals surface area contributed by atoms with Gasteiger partial charge in [0.15, 0.2) is 0 Å². The van der Waals surface area contributed by atoms with E-state index in [1.165, 1.54) is 10.7 Å². The zero-order chi connectivity index (χ0) is 12.4. The normalized spacial score (nSPS) is 10.7. The van der Waals surface area contributed by atoms with E-state index in [-0.39, 0.29) is 5.56 Å². The number of rotatable bonds is 3. The van der Waals surface area contributed by atoms with Crippen molar-refractivity contribution in [3.63, 3.8) is 0 Å². The minimum atomic E-state index is -2.71. The Morgan fingerprint density at radius 1 is 1.29 bits per heavy atom. The van der Waals surface area contributed by atoms with Crippen LogP contribution in [0, 0.1) is 6.92 Å². The van der Waals surface area contributed by atoms with E-state index in [9.17, 15) is 13.2 Å². The van der Waals surface area contributed by atoms with Crippen LogP contribution in [0.2, 0.25) is 0 Å². The number of aromatic nitrogens is 2. The molecule has 0 aliphatic rings. The van der Waals surface area contributed by atoms with Gasteiger partial charge in [-0.25, -0.2) is 13.1 Å². The summed E-state index contributed by atoms with van der Waals surface area (Å²) in [6, 6.07) is 8.02. The van der Waals surface area contributed by atoms with Crippen LogP contribution in [0.3, 0.4) is 0 Å². The molecule has 0 saturated heterocycles. The number of hydrogen-bond donors (Lipinski definition) is 3. The Morgan fingerprint density at radius 2 is 2.06 bits per heavy atom. The lowest BCUT2D eigenvalue weighted by molar-refractivity contribution is 0.619. The molecule has 6 nitrogen and oxygen atoms in total. The quantitative estimate of drug-likeness (QED) is 0.693. The number of benzene rings is 1. The first-order valence-corrected chi connectivity index (χ1v) is 6.04. The third-order valence-electron chi connectivity index (χ3n) is 2.17. The second-order valence-corrected chi connectivity index (χ2v) is 4.27. The lowest BCUT2D eigenvalue weighted by Crippen LogP contribution is -2.13. The molecule has 7 heteroatoms. The molecule has 1 heterocycles. The van der Waals surface area contributed by atoms with Crippen LogP contribution >= 0.6 is 0 Å². The van der Waals surface area contributed by atoms with E-state index in [1.54, 1.807) is 31.2 Å². The maximum Gasteiger partial charge on any atom is 0.271 e. The van der Waals surface area contributed by atoms with Gasteiger partial charge in [-0.15, -0.1) is 0 Å². The molecule has 2 N–H and O–H groups in total. The second kappa shape index (κ2) is 4.46. The van der Waals surface area contributed by atoms with E-state index in [2.05, 4.69) is 9.82 Å². The van der Waals surface area contributed by atoms with E-state index in [0.717, 1.165) is 5.69 Å². The van der Waals surface area contributed by atoms with Gasteiger partial charge in [-0.3, -0.25) is 14.6 Å². The zero-order valence-electron chi connectivity index (χ0n) is 9.01. The number of nitrogens with zero attached hydrogens (tertiary/aromatic N) is 1. The summed E-state index contributed by atoms with van der Waals surface area (Å²) in [5, 5.41) is 2.87. The molecule has 2 aromatic rings. The van der Waals surface area contributed by atoms with Crippen molar-refractivity contribution in [2.45, 2.75) is 6.92 Å². The van der Waals surface area contributed by atoms with Crippen LogP contribution in [-0.2, 0) is 10.9 Å². The van der Waals surface area contributed by atoms with Crippen LogP contribution in [0.15, 0.2) is 35.1 Å². The van der Waals surface area contributed by atoms with Crippen molar-refractivity contribution in [3.8, 4) is 5.69 Å². The SMILES string of the molecule is Cc1cc(=O)n(-c2cccc(N[SH](=O)=O)c2)[nH]1. The van der Waals surface area contributed by atoms with Gasteiger partial charge >= 0.3 is 0 Å². The van der Waals surface area contributed by atoms with Gasteiger partial charge in [0.1, 0.15) is 0 Å². The molecule has 0 spiro atoms. The standard InChI is InChI=1S/C10H11N3O3S/c1-7-5-10(14)13(11-7)9-4-2-3-8(6-9)12-17(15)16/h2-6,11,17H,1H3,(H,12,15,16). The second-order valence-electron chi connectivity index (χ2n) is 3.53. The minimum absolute atomic E-state index is 0.189. The fourth-order valence-corrected chi connectivity index (χ4v) is 1.88. The van der Waals surface area contributed by atoms with Crippen LogP contribution < -0.4 is 10.3 Å². The third kappa shape index (κ3) is 2.56. The van der Waals surface area contributed by atoms with Crippen molar-refractivity contribution in [3.05, 3.63) is 46.4 Å². The maximum atomic E-state index is 11.6. The average Bonchev–Trinajstić information content (AvgIpc) is 2.57. The average molecular weight is 253 g/mol. The lowest BCUT2D eigenvalue weighted by Gasteiger charge is -2.04. The number of anilines is 1. The van der Waals surface area contributed by atoms with Gasteiger partial charge in [0.2, 0.25) is 10.9 Å². The Hall–Kier alpha value is -2.02. The van der Waals surface area contributed by atoms with Crippen LogP contribution in [-0.4, -0.2) is 18.2 Å². The molecule has 0 amide bonds. The summed E-state index contributed by atoms with van der Waals surface area (Å²) in [5.41, 5.74) is 1.54. The predicted octanol–water partition coefficient (Wildman–Crippen LogP) is 0.412. The summed E-state index contributed by atoms with van der Waals surface area (Å²) in [5.74, 6) is 0. The van der Waals surface area contributed by atoms with Gasteiger partial charge in [-0.05, 0) is 25.1 Å². The third-order valence-corrected chi connectivity index (χ3v) is 2.61. The number of nitrogens with one attached hydrogen (secondary N) is 2. The molecule has 0 saturated carbocycles. The van der Waals surface area contributed by atoms with E-state index in [0.29, 0.717) is 11.4 Å². The Labute approximate surface area is 99.0 Å². The fourth-order valence-electron chi connectivity index (χ4n) is 1.53. The highest BCUT2D eigenvalue weighted by Gasteiger charge is 2.03. The molecule has 0 unspecified atom stereocenters. The van der Waals surface area contributed by atoms with Crippen molar-refractivity contribution >= 4 is 16.6 Å². The Bertz CT molecular complexity index is 661. The van der Waals surface area contributed by atoms with E-state index in [4.69, 9.17) is 0 Å². The summed E-state index contributed by atoms with van der Waals surface area (Å²) in [7, 11) is -2.71. The highest BCUT2D eigenvalue weighted by Crippen LogP contribution is 2.12. The molecular formula is C10H11N3O3S. The molecule has 0 aliphatic heterocycles. The summed E-state index contributed by atoms with van der Waals surface area (Å²) < 4.78 is 24.7. The van der Waals surface area contributed by atoms with Crippen molar-refractivity contribution in [1.29, 1.82) is 0 Å². The van der Waals surface area contributed by atoms with Crippen LogP contribution in [0.1, 0.15) is 5.69 Å². The van der Waals surface area contributed by atoms with Crippen molar-refractivity contribution in [2.75, 3.05) is 4.72 Å². The van der Waals surface area contributed by atoms with Gasteiger partial charge in [0.25, 0.3) is 5.56 Å². The molecular weight excluding hydrogens is 242 g/mol. The van der Waals surface area contributed by atoms with Crippen LogP contribution in [0.4, 0.5) is 5.69 Å². The Morgan fingerprint density at radius 3 is 2.65 bits per heavy atom. The predicted molar refractivity (Wildman–Crippen MR) is 65.1 cm³/mol. The smallest absolute Gasteiger partial charge is 0.271 e. The highest BCUT2D eigenvalue weighted by molar-refractivity contribution is 7.73. The molecule has 0 radical (unpaired) electrons. The highest BCUT2D eigenvalue weighted by atomic mass is 32.2. The number of aryl methyl sites for hydroxylation is 1. The molecule has 2 rings (SSSR count).